The number of aryl methyl sites for hydroxylation is 2. The quantitative estimate of drug-likeness (QED) is 0.327. The molecule has 1 spiro atoms. The van der Waals surface area contributed by atoms with Crippen LogP contribution in [0.25, 0.3) is 11.3 Å². The molecular formula is C32H41N5O4S. The van der Waals surface area contributed by atoms with Gasteiger partial charge in [0.05, 0.1) is 17.7 Å². The van der Waals surface area contributed by atoms with E-state index in [1.807, 2.05) is 32.0 Å². The Morgan fingerprint density at radius 3 is 2.40 bits per heavy atom. The number of benzene rings is 2. The smallest absolute Gasteiger partial charge is 0.264 e. The number of ether oxygens (including phenoxy) is 1. The number of rotatable bonds is 10. The van der Waals surface area contributed by atoms with E-state index in [0.29, 0.717) is 23.7 Å². The van der Waals surface area contributed by atoms with Gasteiger partial charge in [-0.2, -0.15) is 4.98 Å². The first-order chi connectivity index (χ1) is 20.1. The van der Waals surface area contributed by atoms with E-state index in [2.05, 4.69) is 32.0 Å². The second kappa shape index (κ2) is 12.4. The number of hydrogen-bond donors (Lipinski definition) is 2. The van der Waals surface area contributed by atoms with Crippen molar-refractivity contribution in [3.63, 3.8) is 0 Å². The molecule has 2 fully saturated rings. The molecule has 2 N–H and O–H groups in total. The first-order valence-electron chi connectivity index (χ1n) is 14.7. The van der Waals surface area contributed by atoms with E-state index in [1.165, 1.54) is 64.2 Å². The number of aromatic nitrogens is 2. The predicted octanol–water partition coefficient (Wildman–Crippen LogP) is 5.34. The van der Waals surface area contributed by atoms with E-state index in [0.717, 1.165) is 23.2 Å². The molecule has 9 nitrogen and oxygen atoms in total. The summed E-state index contributed by atoms with van der Waals surface area (Å²) in [6.07, 6.45) is 9.32. The molecule has 1 heterocycles. The summed E-state index contributed by atoms with van der Waals surface area (Å²) < 4.78 is 34.5. The average Bonchev–Trinajstić information content (AvgIpc) is 2.95. The number of methoxy groups -OCH3 is 1. The number of nitrogens with zero attached hydrogens (tertiary/aromatic N) is 3. The third kappa shape index (κ3) is 6.60. The van der Waals surface area contributed by atoms with Gasteiger partial charge in [-0.25, -0.2) is 18.1 Å². The van der Waals surface area contributed by atoms with Crippen molar-refractivity contribution in [2.24, 2.45) is 5.41 Å². The first kappa shape index (κ1) is 30.0. The third-order valence-electron chi connectivity index (χ3n) is 8.91. The molecule has 10 heteroatoms. The summed E-state index contributed by atoms with van der Waals surface area (Å²) in [5.41, 5.74) is 4.26. The predicted molar refractivity (Wildman–Crippen MR) is 164 cm³/mol. The molecule has 224 valence electrons. The van der Waals surface area contributed by atoms with Crippen molar-refractivity contribution in [2.75, 3.05) is 32.0 Å². The van der Waals surface area contributed by atoms with Gasteiger partial charge in [-0.05, 0) is 81.3 Å². The molecule has 42 heavy (non-hydrogen) atoms. The van der Waals surface area contributed by atoms with Gasteiger partial charge in [0.1, 0.15) is 0 Å². The molecule has 5 rings (SSSR count). The van der Waals surface area contributed by atoms with E-state index in [9.17, 15) is 13.2 Å². The average molecular weight is 592 g/mol. The lowest BCUT2D eigenvalue weighted by atomic mass is 9.58. The molecule has 0 unspecified atom stereocenters. The van der Waals surface area contributed by atoms with Crippen LogP contribution in [0.5, 0.6) is 5.88 Å². The summed E-state index contributed by atoms with van der Waals surface area (Å²) in [4.78, 5) is 23.9. The second-order valence-corrected chi connectivity index (χ2v) is 13.6. The lowest BCUT2D eigenvalue weighted by Gasteiger charge is -2.53. The lowest BCUT2D eigenvalue weighted by molar-refractivity contribution is -0.0143. The molecule has 2 aliphatic rings. The Hall–Kier alpha value is -3.50. The standard InChI is InChI=1S/C32H41N5O4S/c1-22-10-8-11-23(2)29(22)27-19-28(41-4)35-31(34-27)36-42(39,40)26-13-9-12-24(18-26)30(38)33-16-17-37(3)25-20-32(21-25)14-6-5-7-15-32/h8-13,18-19,25H,5-7,14-17,20-21H2,1-4H3,(H,33,38)(H,34,35,36). The fourth-order valence-electron chi connectivity index (χ4n) is 6.50. The molecule has 2 saturated carbocycles. The molecule has 0 atom stereocenters. The molecule has 1 aromatic heterocycles. The maximum Gasteiger partial charge on any atom is 0.264 e. The number of amides is 1. The molecule has 2 aliphatic carbocycles. The number of sulfonamides is 1. The molecule has 0 aliphatic heterocycles. The van der Waals surface area contributed by atoms with Crippen molar-refractivity contribution in [1.82, 2.24) is 20.2 Å². The maximum atomic E-state index is 13.3. The van der Waals surface area contributed by atoms with E-state index >= 15 is 0 Å². The number of likely N-dealkylation sites (N-methyl/N-ethyl adjacent to an activating group) is 1. The Morgan fingerprint density at radius 1 is 1.02 bits per heavy atom. The van der Waals surface area contributed by atoms with Crippen LogP contribution >= 0.6 is 0 Å². The van der Waals surface area contributed by atoms with E-state index in [-0.39, 0.29) is 28.2 Å². The summed E-state index contributed by atoms with van der Waals surface area (Å²) in [5, 5.41) is 2.95. The van der Waals surface area contributed by atoms with Gasteiger partial charge in [-0.1, -0.05) is 43.5 Å². The van der Waals surface area contributed by atoms with Crippen LogP contribution < -0.4 is 14.8 Å². The normalized spacial score (nSPS) is 16.7. The van der Waals surface area contributed by atoms with Gasteiger partial charge in [0, 0.05) is 36.3 Å². The Balaban J connectivity index is 1.22. The largest absolute Gasteiger partial charge is 0.481 e. The zero-order valence-electron chi connectivity index (χ0n) is 24.9. The number of carbonyl (C=O) groups is 1. The van der Waals surface area contributed by atoms with Crippen LogP contribution in [0.4, 0.5) is 5.95 Å². The van der Waals surface area contributed by atoms with Crippen LogP contribution in [-0.4, -0.2) is 62.5 Å². The minimum atomic E-state index is -4.09. The Labute approximate surface area is 249 Å². The fraction of sp³-hybridized carbons (Fsp3) is 0.469. The van der Waals surface area contributed by atoms with Crippen LogP contribution in [0, 0.1) is 19.3 Å². The highest BCUT2D eigenvalue weighted by molar-refractivity contribution is 7.92. The highest BCUT2D eigenvalue weighted by atomic mass is 32.2. The van der Waals surface area contributed by atoms with Crippen LogP contribution in [0.2, 0.25) is 0 Å². The van der Waals surface area contributed by atoms with Gasteiger partial charge in [0.15, 0.2) is 0 Å². The van der Waals surface area contributed by atoms with E-state index < -0.39 is 10.0 Å². The Bertz CT molecular complexity index is 1520. The summed E-state index contributed by atoms with van der Waals surface area (Å²) in [7, 11) is -0.497. The summed E-state index contributed by atoms with van der Waals surface area (Å²) in [6, 6.07) is 14.1. The van der Waals surface area contributed by atoms with Gasteiger partial charge >= 0.3 is 0 Å². The third-order valence-corrected chi connectivity index (χ3v) is 10.2. The highest BCUT2D eigenvalue weighted by Gasteiger charge is 2.45. The molecule has 1 amide bonds. The maximum absolute atomic E-state index is 13.3. The van der Waals surface area contributed by atoms with Crippen molar-refractivity contribution in [3.8, 4) is 17.1 Å². The topological polar surface area (TPSA) is 114 Å². The second-order valence-electron chi connectivity index (χ2n) is 11.9. The minimum absolute atomic E-state index is 0.0560. The fourth-order valence-corrected chi connectivity index (χ4v) is 7.49. The van der Waals surface area contributed by atoms with Crippen LogP contribution in [-0.2, 0) is 10.0 Å². The van der Waals surface area contributed by atoms with E-state index in [1.54, 1.807) is 18.2 Å². The van der Waals surface area contributed by atoms with Crippen molar-refractivity contribution in [1.29, 1.82) is 0 Å². The van der Waals surface area contributed by atoms with Crippen LogP contribution in [0.3, 0.4) is 0 Å². The first-order valence-corrected chi connectivity index (χ1v) is 16.2. The zero-order valence-corrected chi connectivity index (χ0v) is 25.8. The molecular weight excluding hydrogens is 550 g/mol. The number of anilines is 1. The van der Waals surface area contributed by atoms with Gasteiger partial charge in [-0.3, -0.25) is 4.79 Å². The molecule has 3 aromatic rings. The van der Waals surface area contributed by atoms with Crippen molar-refractivity contribution in [2.45, 2.75) is 69.7 Å². The molecule has 0 radical (unpaired) electrons. The summed E-state index contributed by atoms with van der Waals surface area (Å²) in [5.74, 6) is -0.196. The van der Waals surface area contributed by atoms with Gasteiger partial charge < -0.3 is 15.0 Å². The van der Waals surface area contributed by atoms with Gasteiger partial charge in [0.25, 0.3) is 15.9 Å². The Kier molecular flexibility index (Phi) is 8.84. The minimum Gasteiger partial charge on any atom is -0.481 e. The SMILES string of the molecule is COc1cc(-c2c(C)cccc2C)nc(NS(=O)(=O)c2cccc(C(=O)NCCN(C)C3CC4(CCCCC4)C3)c2)n1. The highest BCUT2D eigenvalue weighted by Crippen LogP contribution is 2.52. The van der Waals surface area contributed by atoms with Gasteiger partial charge in [0.2, 0.25) is 11.8 Å². The van der Waals surface area contributed by atoms with Crippen LogP contribution in [0.15, 0.2) is 53.4 Å². The molecule has 0 saturated heterocycles. The summed E-state index contributed by atoms with van der Waals surface area (Å²) >= 11 is 0. The molecule has 0 bridgehead atoms. The van der Waals surface area contributed by atoms with E-state index in [4.69, 9.17) is 4.74 Å². The van der Waals surface area contributed by atoms with Crippen molar-refractivity contribution in [3.05, 3.63) is 65.2 Å². The molecule has 2 aromatic carbocycles. The number of carbonyl (C=O) groups excluding carboxylic acids is 1. The summed E-state index contributed by atoms with van der Waals surface area (Å²) in [6.45, 7) is 5.18. The van der Waals surface area contributed by atoms with Crippen molar-refractivity contribution >= 4 is 21.9 Å². The number of nitrogens with one attached hydrogen (secondary N) is 2. The van der Waals surface area contributed by atoms with Crippen LogP contribution in [0.1, 0.15) is 66.4 Å². The van der Waals surface area contributed by atoms with Crippen molar-refractivity contribution < 1.29 is 17.9 Å². The monoisotopic (exact) mass is 591 g/mol. The number of hydrogen-bond acceptors (Lipinski definition) is 7. The lowest BCUT2D eigenvalue weighted by Crippen LogP contribution is -2.51. The Morgan fingerprint density at radius 2 is 1.71 bits per heavy atom. The van der Waals surface area contributed by atoms with Gasteiger partial charge in [-0.15, -0.1) is 0 Å². The zero-order chi connectivity index (χ0) is 29.9.